The van der Waals surface area contributed by atoms with E-state index in [1.165, 1.54) is 12.8 Å². The van der Waals surface area contributed by atoms with E-state index in [0.29, 0.717) is 12.0 Å². The number of urea groups is 1. The van der Waals surface area contributed by atoms with Crippen molar-refractivity contribution >= 4 is 6.03 Å². The van der Waals surface area contributed by atoms with Gasteiger partial charge in [-0.1, -0.05) is 6.07 Å². The van der Waals surface area contributed by atoms with Gasteiger partial charge in [0.05, 0.1) is 6.04 Å². The molecule has 1 unspecified atom stereocenters. The van der Waals surface area contributed by atoms with E-state index in [2.05, 4.69) is 28.2 Å². The highest BCUT2D eigenvalue weighted by atomic mass is 16.5. The molecule has 1 N–H and O–H groups in total. The smallest absolute Gasteiger partial charge is 0.318 e. The number of rotatable bonds is 4. The van der Waals surface area contributed by atoms with E-state index in [0.717, 1.165) is 51.3 Å². The molecule has 2 aliphatic heterocycles. The van der Waals surface area contributed by atoms with E-state index in [1.807, 2.05) is 17.2 Å². The number of aromatic nitrogens is 1. The first-order valence-corrected chi connectivity index (χ1v) is 10.0. The molecule has 0 bridgehead atoms. The van der Waals surface area contributed by atoms with Gasteiger partial charge in [-0.25, -0.2) is 4.79 Å². The molecule has 4 rings (SSSR count). The van der Waals surface area contributed by atoms with Crippen LogP contribution in [0.4, 0.5) is 4.79 Å². The minimum atomic E-state index is 0.0740. The van der Waals surface area contributed by atoms with Crippen molar-refractivity contribution in [2.24, 2.45) is 5.92 Å². The fraction of sp³-hybridized carbons (Fsp3) is 0.700. The largest absolute Gasteiger partial charge is 0.381 e. The Labute approximate surface area is 155 Å². The van der Waals surface area contributed by atoms with Gasteiger partial charge < -0.3 is 15.0 Å². The first-order chi connectivity index (χ1) is 12.7. The predicted molar refractivity (Wildman–Crippen MR) is 99.8 cm³/mol. The first-order valence-electron chi connectivity index (χ1n) is 10.0. The van der Waals surface area contributed by atoms with E-state index in [4.69, 9.17) is 4.74 Å². The second-order valence-corrected chi connectivity index (χ2v) is 7.93. The second-order valence-electron chi connectivity index (χ2n) is 7.93. The molecule has 1 aromatic heterocycles. The molecule has 1 aliphatic carbocycles. The van der Waals surface area contributed by atoms with E-state index in [9.17, 15) is 4.79 Å². The molecule has 6 nitrogen and oxygen atoms in total. The van der Waals surface area contributed by atoms with Crippen molar-refractivity contribution in [1.82, 2.24) is 20.1 Å². The summed E-state index contributed by atoms with van der Waals surface area (Å²) in [5.74, 6) is 0.557. The third kappa shape index (κ3) is 4.01. The minimum Gasteiger partial charge on any atom is -0.381 e. The Morgan fingerprint density at radius 3 is 2.73 bits per heavy atom. The van der Waals surface area contributed by atoms with Gasteiger partial charge in [-0.15, -0.1) is 0 Å². The number of carbonyl (C=O) groups excluding carboxylic acids is 1. The molecule has 2 amide bonds. The fourth-order valence-electron chi connectivity index (χ4n) is 4.35. The Bertz CT molecular complexity index is 601. The van der Waals surface area contributed by atoms with Crippen molar-refractivity contribution in [3.63, 3.8) is 0 Å². The average Bonchev–Trinajstić information content (AvgIpc) is 3.52. The molecule has 2 saturated heterocycles. The number of piperazine rings is 1. The molecule has 142 valence electrons. The number of nitrogens with one attached hydrogen (secondary N) is 1. The van der Waals surface area contributed by atoms with E-state index in [1.54, 1.807) is 6.20 Å². The van der Waals surface area contributed by atoms with Crippen molar-refractivity contribution in [2.45, 2.75) is 50.7 Å². The summed E-state index contributed by atoms with van der Waals surface area (Å²) < 4.78 is 5.48. The number of hydrogen-bond acceptors (Lipinski definition) is 4. The molecule has 0 aromatic carbocycles. The van der Waals surface area contributed by atoms with Crippen LogP contribution in [0.15, 0.2) is 24.5 Å². The van der Waals surface area contributed by atoms with Crippen molar-refractivity contribution in [3.05, 3.63) is 30.1 Å². The van der Waals surface area contributed by atoms with Crippen molar-refractivity contribution in [2.75, 3.05) is 32.8 Å². The van der Waals surface area contributed by atoms with Crippen LogP contribution in [0.25, 0.3) is 0 Å². The quantitative estimate of drug-likeness (QED) is 0.898. The Balaban J connectivity index is 1.36. The Hall–Kier alpha value is -1.66. The second kappa shape index (κ2) is 7.92. The van der Waals surface area contributed by atoms with Gasteiger partial charge in [-0.05, 0) is 50.2 Å². The predicted octanol–water partition coefficient (Wildman–Crippen LogP) is 2.43. The highest BCUT2D eigenvalue weighted by molar-refractivity contribution is 5.75. The molecule has 1 aromatic rings. The highest BCUT2D eigenvalue weighted by Crippen LogP contribution is 2.41. The number of carbonyl (C=O) groups is 1. The van der Waals surface area contributed by atoms with Crippen LogP contribution in [-0.2, 0) is 4.74 Å². The average molecular weight is 358 g/mol. The summed E-state index contributed by atoms with van der Waals surface area (Å²) >= 11 is 0. The van der Waals surface area contributed by atoms with Gasteiger partial charge in [0.1, 0.15) is 0 Å². The monoisotopic (exact) mass is 358 g/mol. The van der Waals surface area contributed by atoms with Crippen LogP contribution in [0.5, 0.6) is 0 Å². The summed E-state index contributed by atoms with van der Waals surface area (Å²) in [6, 6.07) is 5.04. The number of ether oxygens (including phenoxy) is 1. The van der Waals surface area contributed by atoms with Gasteiger partial charge in [-0.3, -0.25) is 9.88 Å². The summed E-state index contributed by atoms with van der Waals surface area (Å²) in [4.78, 5) is 21.8. The zero-order chi connectivity index (χ0) is 17.9. The standard InChI is InChI=1S/C20H30N4O2/c1-15-14-23(18-6-11-26-12-7-18)9-10-24(15)20(25)22-19(16-4-5-16)17-3-2-8-21-13-17/h2-3,8,13,15-16,18-19H,4-7,9-12,14H2,1H3,(H,22,25)/t15-,19?/m0/s1. The van der Waals surface area contributed by atoms with Crippen LogP contribution in [0, 0.1) is 5.92 Å². The number of nitrogens with zero attached hydrogens (tertiary/aromatic N) is 3. The maximum Gasteiger partial charge on any atom is 0.318 e. The summed E-state index contributed by atoms with van der Waals surface area (Å²) in [6.45, 7) is 6.63. The molecule has 1 saturated carbocycles. The van der Waals surface area contributed by atoms with E-state index in [-0.39, 0.29) is 18.1 Å². The number of pyridine rings is 1. The molecule has 6 heteroatoms. The van der Waals surface area contributed by atoms with Crippen molar-refractivity contribution in [1.29, 1.82) is 0 Å². The lowest BCUT2D eigenvalue weighted by Crippen LogP contribution is -2.59. The Kier molecular flexibility index (Phi) is 5.41. The summed E-state index contributed by atoms with van der Waals surface area (Å²) in [5, 5.41) is 3.30. The number of hydrogen-bond donors (Lipinski definition) is 1. The van der Waals surface area contributed by atoms with Crippen LogP contribution < -0.4 is 5.32 Å². The zero-order valence-corrected chi connectivity index (χ0v) is 15.6. The Morgan fingerprint density at radius 1 is 1.27 bits per heavy atom. The molecule has 3 fully saturated rings. The van der Waals surface area contributed by atoms with Crippen molar-refractivity contribution in [3.8, 4) is 0 Å². The van der Waals surface area contributed by atoms with Gasteiger partial charge in [0, 0.05) is 57.3 Å². The molecular weight excluding hydrogens is 328 g/mol. The van der Waals surface area contributed by atoms with Crippen LogP contribution >= 0.6 is 0 Å². The van der Waals surface area contributed by atoms with E-state index >= 15 is 0 Å². The van der Waals surface area contributed by atoms with Crippen LogP contribution in [0.1, 0.15) is 44.2 Å². The van der Waals surface area contributed by atoms with Crippen LogP contribution in [-0.4, -0.2) is 65.7 Å². The summed E-state index contributed by atoms with van der Waals surface area (Å²) in [5.41, 5.74) is 1.12. The minimum absolute atomic E-state index is 0.0740. The SMILES string of the molecule is C[C@H]1CN(C2CCOCC2)CCN1C(=O)NC(c1cccnc1)C1CC1. The van der Waals surface area contributed by atoms with Crippen LogP contribution in [0.3, 0.4) is 0 Å². The first kappa shape index (κ1) is 17.7. The molecule has 2 atom stereocenters. The maximum atomic E-state index is 13.0. The molecule has 26 heavy (non-hydrogen) atoms. The molecular formula is C20H30N4O2. The molecule has 3 aliphatic rings. The highest BCUT2D eigenvalue weighted by Gasteiger charge is 2.37. The molecule has 0 spiro atoms. The Morgan fingerprint density at radius 2 is 2.08 bits per heavy atom. The zero-order valence-electron chi connectivity index (χ0n) is 15.6. The van der Waals surface area contributed by atoms with Gasteiger partial charge in [0.25, 0.3) is 0 Å². The lowest BCUT2D eigenvalue weighted by atomic mass is 10.0. The van der Waals surface area contributed by atoms with E-state index < -0.39 is 0 Å². The normalized spacial score (nSPS) is 26.5. The van der Waals surface area contributed by atoms with Crippen LogP contribution in [0.2, 0.25) is 0 Å². The topological polar surface area (TPSA) is 57.7 Å². The third-order valence-electron chi connectivity index (χ3n) is 6.04. The summed E-state index contributed by atoms with van der Waals surface area (Å²) in [6.07, 6.45) is 8.27. The molecule has 3 heterocycles. The fourth-order valence-corrected chi connectivity index (χ4v) is 4.35. The van der Waals surface area contributed by atoms with Gasteiger partial charge in [0.2, 0.25) is 0 Å². The third-order valence-corrected chi connectivity index (χ3v) is 6.04. The maximum absolute atomic E-state index is 13.0. The lowest BCUT2D eigenvalue weighted by Gasteiger charge is -2.44. The number of amides is 2. The van der Waals surface area contributed by atoms with Crippen molar-refractivity contribution < 1.29 is 9.53 Å². The van der Waals surface area contributed by atoms with Gasteiger partial charge >= 0.3 is 6.03 Å². The lowest BCUT2D eigenvalue weighted by molar-refractivity contribution is 0.00673. The van der Waals surface area contributed by atoms with Gasteiger partial charge in [0.15, 0.2) is 0 Å². The summed E-state index contributed by atoms with van der Waals surface area (Å²) in [7, 11) is 0. The van der Waals surface area contributed by atoms with Gasteiger partial charge in [-0.2, -0.15) is 0 Å². The molecule has 0 radical (unpaired) electrons.